The maximum absolute atomic E-state index is 10.2. The molecule has 2 atom stereocenters. The third-order valence-electron chi connectivity index (χ3n) is 5.72. The fourth-order valence-corrected chi connectivity index (χ4v) is 4.47. The first-order valence-corrected chi connectivity index (χ1v) is 8.93. The fraction of sp³-hybridized carbons (Fsp3) is 0.364. The second kappa shape index (κ2) is 6.57. The summed E-state index contributed by atoms with van der Waals surface area (Å²) in [5, 5.41) is 20.4. The smallest absolute Gasteiger partial charge is 0.169 e. The van der Waals surface area contributed by atoms with Crippen LogP contribution in [-0.2, 0) is 9.47 Å². The van der Waals surface area contributed by atoms with Crippen LogP contribution in [0.1, 0.15) is 35.8 Å². The monoisotopic (exact) mass is 344 g/mol. The molecule has 0 radical (unpaired) electrons. The van der Waals surface area contributed by atoms with Crippen molar-refractivity contribution in [3.8, 4) is 12.1 Å². The van der Waals surface area contributed by atoms with Gasteiger partial charge >= 0.3 is 0 Å². The van der Waals surface area contributed by atoms with Crippen LogP contribution in [0.4, 0.5) is 0 Å². The summed E-state index contributed by atoms with van der Waals surface area (Å²) in [4.78, 5) is 0. The second-order valence-electron chi connectivity index (χ2n) is 7.04. The predicted octanol–water partition coefficient (Wildman–Crippen LogP) is 4.12. The molecule has 2 aromatic carbocycles. The molecule has 2 aromatic rings. The van der Waals surface area contributed by atoms with Gasteiger partial charge in [-0.1, -0.05) is 60.7 Å². The van der Waals surface area contributed by atoms with E-state index in [1.54, 1.807) is 0 Å². The topological polar surface area (TPSA) is 66.0 Å². The number of ether oxygens (including phenoxy) is 2. The van der Waals surface area contributed by atoms with E-state index in [2.05, 4.69) is 12.1 Å². The van der Waals surface area contributed by atoms with Gasteiger partial charge in [0, 0.05) is 24.7 Å². The molecule has 4 rings (SSSR count). The van der Waals surface area contributed by atoms with Crippen LogP contribution in [0.15, 0.2) is 60.7 Å². The number of rotatable bonds is 2. The lowest BCUT2D eigenvalue weighted by atomic mass is 9.56. The molecule has 0 unspecified atom stereocenters. The second-order valence-corrected chi connectivity index (χ2v) is 7.04. The molecule has 26 heavy (non-hydrogen) atoms. The van der Waals surface area contributed by atoms with Gasteiger partial charge < -0.3 is 9.47 Å². The van der Waals surface area contributed by atoms with Crippen molar-refractivity contribution < 1.29 is 9.47 Å². The van der Waals surface area contributed by atoms with Crippen LogP contribution in [0.25, 0.3) is 0 Å². The summed E-state index contributed by atoms with van der Waals surface area (Å²) in [6.07, 6.45) is 1.03. The van der Waals surface area contributed by atoms with E-state index in [-0.39, 0.29) is 11.8 Å². The van der Waals surface area contributed by atoms with Crippen molar-refractivity contribution in [3.63, 3.8) is 0 Å². The quantitative estimate of drug-likeness (QED) is 0.822. The van der Waals surface area contributed by atoms with Gasteiger partial charge in [-0.05, 0) is 11.1 Å². The first kappa shape index (κ1) is 16.8. The Bertz CT molecular complexity index is 778. The molecular weight excluding hydrogens is 324 g/mol. The van der Waals surface area contributed by atoms with Crippen LogP contribution in [0.3, 0.4) is 0 Å². The Kier molecular flexibility index (Phi) is 4.24. The third kappa shape index (κ3) is 2.59. The molecule has 0 amide bonds. The summed E-state index contributed by atoms with van der Waals surface area (Å²) in [6, 6.07) is 24.4. The Morgan fingerprint density at radius 2 is 1.15 bits per heavy atom. The minimum atomic E-state index is -1.16. The molecule has 1 saturated carbocycles. The first-order chi connectivity index (χ1) is 12.7. The highest BCUT2D eigenvalue weighted by Gasteiger charge is 2.59. The fourth-order valence-electron chi connectivity index (χ4n) is 4.47. The number of nitriles is 2. The zero-order chi connectivity index (χ0) is 18.0. The van der Waals surface area contributed by atoms with Crippen molar-refractivity contribution in [1.82, 2.24) is 0 Å². The summed E-state index contributed by atoms with van der Waals surface area (Å²) >= 11 is 0. The molecule has 1 spiro atoms. The molecule has 4 nitrogen and oxygen atoms in total. The molecule has 0 N–H and O–H groups in total. The van der Waals surface area contributed by atoms with Gasteiger partial charge in [-0.25, -0.2) is 0 Å². The van der Waals surface area contributed by atoms with Crippen molar-refractivity contribution in [2.75, 3.05) is 13.2 Å². The standard InChI is InChI=1S/C22H20N2O2/c23-15-21(16-24)19(17-7-3-1-4-8-17)13-22(25-11-12-26-22)14-20(21)18-9-5-2-6-10-18/h1-10,19-20H,11-14H2/t19-,20-/m1/s1. The van der Waals surface area contributed by atoms with Crippen LogP contribution in [0.5, 0.6) is 0 Å². The maximum Gasteiger partial charge on any atom is 0.169 e. The molecular formula is C22H20N2O2. The molecule has 1 saturated heterocycles. The zero-order valence-corrected chi connectivity index (χ0v) is 14.5. The van der Waals surface area contributed by atoms with E-state index in [0.717, 1.165) is 11.1 Å². The number of hydrogen-bond donors (Lipinski definition) is 0. The van der Waals surface area contributed by atoms with Gasteiger partial charge in [0.15, 0.2) is 11.2 Å². The number of benzene rings is 2. The van der Waals surface area contributed by atoms with Crippen molar-refractivity contribution in [2.24, 2.45) is 5.41 Å². The maximum atomic E-state index is 10.2. The summed E-state index contributed by atoms with van der Waals surface area (Å²) in [5.74, 6) is -1.29. The van der Waals surface area contributed by atoms with Crippen LogP contribution < -0.4 is 0 Å². The molecule has 0 aromatic heterocycles. The van der Waals surface area contributed by atoms with E-state index in [1.165, 1.54) is 0 Å². The first-order valence-electron chi connectivity index (χ1n) is 8.93. The SMILES string of the molecule is N#CC1(C#N)[C@@H](c2ccccc2)CC2(C[C@@H]1c1ccccc1)OCCO2. The predicted molar refractivity (Wildman–Crippen MR) is 95.9 cm³/mol. The van der Waals surface area contributed by atoms with Gasteiger partial charge in [0.1, 0.15) is 0 Å². The van der Waals surface area contributed by atoms with Crippen molar-refractivity contribution in [1.29, 1.82) is 10.5 Å². The Hall–Kier alpha value is -2.66. The molecule has 1 heterocycles. The van der Waals surface area contributed by atoms with E-state index in [1.807, 2.05) is 60.7 Å². The van der Waals surface area contributed by atoms with Crippen LogP contribution in [-0.4, -0.2) is 19.0 Å². The van der Waals surface area contributed by atoms with Gasteiger partial charge in [-0.3, -0.25) is 0 Å². The summed E-state index contributed by atoms with van der Waals surface area (Å²) in [6.45, 7) is 1.10. The number of nitrogens with zero attached hydrogens (tertiary/aromatic N) is 2. The lowest BCUT2D eigenvalue weighted by Gasteiger charge is -2.47. The summed E-state index contributed by atoms with van der Waals surface area (Å²) < 4.78 is 12.1. The van der Waals surface area contributed by atoms with E-state index in [4.69, 9.17) is 9.47 Å². The van der Waals surface area contributed by atoms with Crippen molar-refractivity contribution in [2.45, 2.75) is 30.5 Å². The molecule has 130 valence electrons. The third-order valence-corrected chi connectivity index (χ3v) is 5.72. The number of hydrogen-bond acceptors (Lipinski definition) is 4. The van der Waals surface area contributed by atoms with Crippen molar-refractivity contribution >= 4 is 0 Å². The zero-order valence-electron chi connectivity index (χ0n) is 14.5. The lowest BCUT2D eigenvalue weighted by Crippen LogP contribution is -2.48. The van der Waals surface area contributed by atoms with Gasteiger partial charge in [-0.2, -0.15) is 10.5 Å². The minimum absolute atomic E-state index is 0.282. The minimum Gasteiger partial charge on any atom is -0.347 e. The molecule has 4 heteroatoms. The molecule has 2 aliphatic rings. The van der Waals surface area contributed by atoms with E-state index < -0.39 is 11.2 Å². The summed E-state index contributed by atoms with van der Waals surface area (Å²) in [5.41, 5.74) is 0.799. The highest BCUT2D eigenvalue weighted by atomic mass is 16.7. The highest BCUT2D eigenvalue weighted by molar-refractivity contribution is 5.40. The molecule has 1 aliphatic heterocycles. The van der Waals surface area contributed by atoms with Crippen molar-refractivity contribution in [3.05, 3.63) is 71.8 Å². The van der Waals surface area contributed by atoms with E-state index in [0.29, 0.717) is 26.1 Å². The Morgan fingerprint density at radius 3 is 1.54 bits per heavy atom. The van der Waals surface area contributed by atoms with Gasteiger partial charge in [0.25, 0.3) is 0 Å². The Morgan fingerprint density at radius 1 is 0.731 bits per heavy atom. The van der Waals surface area contributed by atoms with Gasteiger partial charge in [-0.15, -0.1) is 0 Å². The molecule has 0 bridgehead atoms. The van der Waals surface area contributed by atoms with Gasteiger partial charge in [0.2, 0.25) is 0 Å². The Balaban J connectivity index is 1.88. The highest BCUT2D eigenvalue weighted by Crippen LogP contribution is 2.59. The lowest BCUT2D eigenvalue weighted by molar-refractivity contribution is -0.194. The van der Waals surface area contributed by atoms with E-state index >= 15 is 0 Å². The molecule has 1 aliphatic carbocycles. The van der Waals surface area contributed by atoms with E-state index in [9.17, 15) is 10.5 Å². The van der Waals surface area contributed by atoms with Crippen LogP contribution >= 0.6 is 0 Å². The van der Waals surface area contributed by atoms with Crippen LogP contribution in [0, 0.1) is 28.1 Å². The summed E-state index contributed by atoms with van der Waals surface area (Å²) in [7, 11) is 0. The average molecular weight is 344 g/mol. The molecule has 2 fully saturated rings. The largest absolute Gasteiger partial charge is 0.347 e. The Labute approximate surface area is 153 Å². The van der Waals surface area contributed by atoms with Gasteiger partial charge in [0.05, 0.1) is 25.4 Å². The normalized spacial score (nSPS) is 26.1. The van der Waals surface area contributed by atoms with Crippen LogP contribution in [0.2, 0.25) is 0 Å². The average Bonchev–Trinajstić information content (AvgIpc) is 3.17.